The van der Waals surface area contributed by atoms with Crippen molar-refractivity contribution < 1.29 is 28.4 Å². The molecule has 0 amide bonds. The zero-order valence-corrected chi connectivity index (χ0v) is 17.2. The van der Waals surface area contributed by atoms with Gasteiger partial charge in [0.15, 0.2) is 0 Å². The zero-order chi connectivity index (χ0) is 19.0. The van der Waals surface area contributed by atoms with Gasteiger partial charge in [0.05, 0.1) is 0 Å². The Morgan fingerprint density at radius 2 is 0.692 bits per heavy atom. The number of unbranched alkanes of at least 4 members (excludes halogenated alkanes) is 4. The van der Waals surface area contributed by atoms with Crippen molar-refractivity contribution in [2.75, 3.05) is 26.4 Å². The second-order valence-corrected chi connectivity index (χ2v) is 6.64. The average Bonchev–Trinajstić information content (AvgIpc) is 2.64. The van der Waals surface area contributed by atoms with Crippen LogP contribution in [0.3, 0.4) is 0 Å². The quantitative estimate of drug-likeness (QED) is 0.367. The molecule has 0 saturated carbocycles. The highest BCUT2D eigenvalue weighted by Gasteiger charge is 2.41. The summed E-state index contributed by atoms with van der Waals surface area (Å²) in [5, 5.41) is 0. The molecule has 0 aromatic carbocycles. The van der Waals surface area contributed by atoms with E-state index in [0.717, 1.165) is 51.4 Å². The molecule has 0 radical (unpaired) electrons. The van der Waals surface area contributed by atoms with Crippen molar-refractivity contribution in [2.45, 2.75) is 104 Å². The molecule has 1 aliphatic heterocycles. The summed E-state index contributed by atoms with van der Waals surface area (Å²) in [6.07, 6.45) is 5.79. The Hall–Kier alpha value is -0.240. The Labute approximate surface area is 159 Å². The van der Waals surface area contributed by atoms with E-state index in [1.807, 2.05) is 0 Å². The fraction of sp³-hybridized carbons (Fsp3) is 1.00. The maximum Gasteiger partial charge on any atom is 0.212 e. The van der Waals surface area contributed by atoms with Gasteiger partial charge in [-0.1, -0.05) is 53.4 Å². The highest BCUT2D eigenvalue weighted by atomic mass is 16.9. The minimum absolute atomic E-state index is 0.587. The fourth-order valence-corrected chi connectivity index (χ4v) is 2.37. The SMILES string of the molecule is CCCCOC1OC(OCCCC)C(OCCCC)OC1OCCCC. The van der Waals surface area contributed by atoms with Gasteiger partial charge < -0.3 is 28.4 Å². The number of hydrogen-bond donors (Lipinski definition) is 0. The van der Waals surface area contributed by atoms with E-state index in [-0.39, 0.29) is 0 Å². The first kappa shape index (κ1) is 23.8. The maximum absolute atomic E-state index is 6.05. The van der Waals surface area contributed by atoms with E-state index in [9.17, 15) is 0 Å². The van der Waals surface area contributed by atoms with Crippen LogP contribution < -0.4 is 0 Å². The monoisotopic (exact) mass is 376 g/mol. The predicted octanol–water partition coefficient (Wildman–Crippen LogP) is 4.60. The lowest BCUT2D eigenvalue weighted by atomic mass is 10.3. The normalized spacial score (nSPS) is 26.3. The van der Waals surface area contributed by atoms with Gasteiger partial charge in [-0.15, -0.1) is 0 Å². The molecule has 26 heavy (non-hydrogen) atoms. The third-order valence-electron chi connectivity index (χ3n) is 4.10. The fourth-order valence-electron chi connectivity index (χ4n) is 2.37. The van der Waals surface area contributed by atoms with Crippen molar-refractivity contribution in [2.24, 2.45) is 0 Å². The molecule has 156 valence electrons. The summed E-state index contributed by atoms with van der Waals surface area (Å²) in [6.45, 7) is 11.0. The Balaban J connectivity index is 2.66. The van der Waals surface area contributed by atoms with Gasteiger partial charge in [0.2, 0.25) is 25.2 Å². The van der Waals surface area contributed by atoms with E-state index in [0.29, 0.717) is 26.4 Å². The highest BCUT2D eigenvalue weighted by molar-refractivity contribution is 4.66. The Bertz CT molecular complexity index is 257. The van der Waals surface area contributed by atoms with Gasteiger partial charge in [0, 0.05) is 26.4 Å². The second kappa shape index (κ2) is 15.8. The third kappa shape index (κ3) is 9.62. The van der Waals surface area contributed by atoms with Crippen molar-refractivity contribution in [3.8, 4) is 0 Å². The van der Waals surface area contributed by atoms with Crippen molar-refractivity contribution in [3.63, 3.8) is 0 Å². The van der Waals surface area contributed by atoms with Gasteiger partial charge in [-0.3, -0.25) is 0 Å². The van der Waals surface area contributed by atoms with Crippen LogP contribution in [0.5, 0.6) is 0 Å². The van der Waals surface area contributed by atoms with Crippen LogP contribution in [0.4, 0.5) is 0 Å². The summed E-state index contributed by atoms with van der Waals surface area (Å²) in [5.74, 6) is 0. The molecule has 4 atom stereocenters. The molecule has 1 saturated heterocycles. The minimum Gasteiger partial charge on any atom is -0.348 e. The topological polar surface area (TPSA) is 55.4 Å². The molecular formula is C20H40O6. The van der Waals surface area contributed by atoms with Gasteiger partial charge in [-0.25, -0.2) is 0 Å². The molecule has 0 N–H and O–H groups in total. The Kier molecular flexibility index (Phi) is 14.4. The summed E-state index contributed by atoms with van der Waals surface area (Å²) < 4.78 is 35.6. The van der Waals surface area contributed by atoms with Crippen LogP contribution in [0.2, 0.25) is 0 Å². The van der Waals surface area contributed by atoms with Crippen LogP contribution in [-0.4, -0.2) is 51.6 Å². The standard InChI is InChI=1S/C20H40O6/c1-5-9-13-21-17-18(22-14-10-6-2)26-20(24-16-12-8-4)19(25-17)23-15-11-7-3/h17-20H,5-16H2,1-4H3. The lowest BCUT2D eigenvalue weighted by Gasteiger charge is -2.40. The molecule has 1 aliphatic rings. The van der Waals surface area contributed by atoms with Crippen LogP contribution in [0.25, 0.3) is 0 Å². The maximum atomic E-state index is 6.05. The molecular weight excluding hydrogens is 336 g/mol. The first-order valence-corrected chi connectivity index (χ1v) is 10.5. The van der Waals surface area contributed by atoms with E-state index in [4.69, 9.17) is 28.4 Å². The first-order valence-electron chi connectivity index (χ1n) is 10.5. The smallest absolute Gasteiger partial charge is 0.212 e. The van der Waals surface area contributed by atoms with Crippen molar-refractivity contribution in [1.29, 1.82) is 0 Å². The summed E-state index contributed by atoms with van der Waals surface area (Å²) in [5.41, 5.74) is 0. The van der Waals surface area contributed by atoms with E-state index >= 15 is 0 Å². The molecule has 0 aromatic heterocycles. The van der Waals surface area contributed by atoms with Crippen LogP contribution in [0, 0.1) is 0 Å². The average molecular weight is 377 g/mol. The molecule has 6 nitrogen and oxygen atoms in total. The number of hydrogen-bond acceptors (Lipinski definition) is 6. The van der Waals surface area contributed by atoms with E-state index in [2.05, 4.69) is 27.7 Å². The number of rotatable bonds is 16. The van der Waals surface area contributed by atoms with Gasteiger partial charge in [0.25, 0.3) is 0 Å². The van der Waals surface area contributed by atoms with Crippen LogP contribution in [-0.2, 0) is 28.4 Å². The predicted molar refractivity (Wildman–Crippen MR) is 101 cm³/mol. The molecule has 0 spiro atoms. The molecule has 0 bridgehead atoms. The molecule has 1 fully saturated rings. The summed E-state index contributed by atoms with van der Waals surface area (Å²) in [6, 6.07) is 0. The lowest BCUT2D eigenvalue weighted by molar-refractivity contribution is -0.438. The minimum atomic E-state index is -0.587. The van der Waals surface area contributed by atoms with Gasteiger partial charge >= 0.3 is 0 Å². The Morgan fingerprint density at radius 3 is 0.885 bits per heavy atom. The largest absolute Gasteiger partial charge is 0.348 e. The Morgan fingerprint density at radius 1 is 0.462 bits per heavy atom. The summed E-state index contributed by atoms with van der Waals surface area (Å²) in [7, 11) is 0. The van der Waals surface area contributed by atoms with E-state index in [1.165, 1.54) is 0 Å². The summed E-state index contributed by atoms with van der Waals surface area (Å²) in [4.78, 5) is 0. The molecule has 4 unspecified atom stereocenters. The molecule has 6 heteroatoms. The van der Waals surface area contributed by atoms with Crippen molar-refractivity contribution in [1.82, 2.24) is 0 Å². The molecule has 0 aromatic rings. The van der Waals surface area contributed by atoms with E-state index < -0.39 is 25.2 Å². The third-order valence-corrected chi connectivity index (χ3v) is 4.10. The van der Waals surface area contributed by atoms with Crippen LogP contribution >= 0.6 is 0 Å². The van der Waals surface area contributed by atoms with Crippen molar-refractivity contribution >= 4 is 0 Å². The molecule has 1 rings (SSSR count). The molecule has 1 heterocycles. The van der Waals surface area contributed by atoms with Crippen LogP contribution in [0.1, 0.15) is 79.1 Å². The molecule has 0 aliphatic carbocycles. The van der Waals surface area contributed by atoms with Gasteiger partial charge in [-0.05, 0) is 25.7 Å². The van der Waals surface area contributed by atoms with Crippen molar-refractivity contribution in [3.05, 3.63) is 0 Å². The van der Waals surface area contributed by atoms with Gasteiger partial charge in [0.1, 0.15) is 0 Å². The first-order chi connectivity index (χ1) is 12.8. The second-order valence-electron chi connectivity index (χ2n) is 6.64. The summed E-state index contributed by atoms with van der Waals surface area (Å²) >= 11 is 0. The zero-order valence-electron chi connectivity index (χ0n) is 17.2. The lowest BCUT2D eigenvalue weighted by Crippen LogP contribution is -2.53. The van der Waals surface area contributed by atoms with Crippen LogP contribution in [0.15, 0.2) is 0 Å². The van der Waals surface area contributed by atoms with Gasteiger partial charge in [-0.2, -0.15) is 0 Å². The highest BCUT2D eigenvalue weighted by Crippen LogP contribution is 2.25. The van der Waals surface area contributed by atoms with E-state index in [1.54, 1.807) is 0 Å². The number of ether oxygens (including phenoxy) is 6.